The van der Waals surface area contributed by atoms with E-state index in [1.54, 1.807) is 30.3 Å². The number of anilines is 1. The highest BCUT2D eigenvalue weighted by molar-refractivity contribution is 6.05. The van der Waals surface area contributed by atoms with Crippen molar-refractivity contribution in [2.75, 3.05) is 32.0 Å². The molecule has 24 N–H and O–H groups in total. The van der Waals surface area contributed by atoms with Gasteiger partial charge < -0.3 is 121 Å². The summed E-state index contributed by atoms with van der Waals surface area (Å²) in [6.07, 6.45) is -16.7. The third kappa shape index (κ3) is 32.4. The van der Waals surface area contributed by atoms with Gasteiger partial charge in [-0.2, -0.15) is 13.2 Å². The standard InChI is InChI=1S/C69H87F3N16O27/c1-31(20-51(94)95)55-66(111)86-45(22-47(90)37-12-7-8-13-38(37)73)67(112)115-33(3)56(88-63(108)44(26-54(100)101)85-62(107)41(23-48(75)91)83-58(103)39(74)21-34-15-17-36(18-16-34)69(70,71)72)65(110)78-28-49(92)80-40(14-9-19-76-68(113)114-30-35-10-5-4-6-11-35)60(105)84-43(25-53(98)99)61(106)79-32(2)57(102)82-42(24-52(96)97)59(104)77-27-50(93)81-46(29-89)64(109)87-55/h4-8,10-13,15-18,31-33,39-46,55-56,89H,9,14,19-30,73-74H2,1-3H3,(H2,75,91)(H,76,113)(H,77,104)(H,78,110)(H,79,106)(H,80,92)(H,81,93)(H,82,102)(H,83,103)(H,84,105)(H,85,107)(H,86,111)(H,87,109)(H,88,108)(H,94,95)(H,96,97)(H,98,99)(H,100,101)/t31-,32-,33-,39+,40+,41-,42+,43+,44+,45+,46-,55+,56+/m1/s1. The lowest BCUT2D eigenvalue weighted by atomic mass is 9.96. The van der Waals surface area contributed by atoms with Crippen LogP contribution in [0.1, 0.15) is 99.2 Å². The number of para-hydroxylation sites is 1. The number of nitrogen functional groups attached to an aromatic ring is 1. The predicted octanol–water partition coefficient (Wildman–Crippen LogP) is -6.41. The molecule has 115 heavy (non-hydrogen) atoms. The molecule has 626 valence electrons. The highest BCUT2D eigenvalue weighted by atomic mass is 19.4. The summed E-state index contributed by atoms with van der Waals surface area (Å²) in [4.78, 5) is 271. The number of nitrogens with two attached hydrogens (primary N) is 3. The molecular formula is C69H87F3N16O27. The van der Waals surface area contributed by atoms with E-state index in [1.807, 2.05) is 31.9 Å². The van der Waals surface area contributed by atoms with Crippen molar-refractivity contribution >= 4 is 124 Å². The Morgan fingerprint density at radius 1 is 0.574 bits per heavy atom. The fraction of sp³-hybridized carbons (Fsp3) is 0.449. The van der Waals surface area contributed by atoms with Crippen LogP contribution in [0.5, 0.6) is 0 Å². The molecule has 0 spiro atoms. The minimum atomic E-state index is -4.76. The predicted molar refractivity (Wildman–Crippen MR) is 382 cm³/mol. The summed E-state index contributed by atoms with van der Waals surface area (Å²) in [7, 11) is 0. The lowest BCUT2D eigenvalue weighted by Crippen LogP contribution is -2.61. The molecule has 46 heteroatoms. The van der Waals surface area contributed by atoms with Gasteiger partial charge in [-0.3, -0.25) is 86.3 Å². The average Bonchev–Trinajstić information content (AvgIpc) is 0.855. The van der Waals surface area contributed by atoms with Crippen LogP contribution in [-0.4, -0.2) is 243 Å². The first kappa shape index (κ1) is 93.9. The topological polar surface area (TPSA) is 695 Å². The Labute approximate surface area is 649 Å². The Balaban J connectivity index is 1.90. The number of carbonyl (C=O) groups excluding carboxylic acids is 16. The number of esters is 1. The number of alkyl halides is 3. The number of Topliss-reactive ketones (excluding diaryl/α,β-unsaturated/α-hetero) is 1. The van der Waals surface area contributed by atoms with Crippen molar-refractivity contribution in [3.05, 3.63) is 101 Å². The molecule has 0 radical (unpaired) electrons. The number of carbonyl (C=O) groups is 20. The number of rotatable bonds is 29. The van der Waals surface area contributed by atoms with Gasteiger partial charge in [-0.1, -0.05) is 61.5 Å². The number of aliphatic hydroxyl groups excluding tert-OH is 1. The van der Waals surface area contributed by atoms with Gasteiger partial charge in [-0.05, 0) is 74.4 Å². The number of ether oxygens (including phenoxy) is 2. The van der Waals surface area contributed by atoms with E-state index in [2.05, 4.69) is 37.2 Å². The monoisotopic (exact) mass is 1630 g/mol. The van der Waals surface area contributed by atoms with Crippen molar-refractivity contribution in [1.29, 1.82) is 0 Å². The molecule has 4 rings (SSSR count). The number of aliphatic hydroxyl groups is 1. The van der Waals surface area contributed by atoms with Crippen molar-refractivity contribution in [3.63, 3.8) is 0 Å². The maximum atomic E-state index is 14.8. The van der Waals surface area contributed by atoms with E-state index in [0.29, 0.717) is 17.7 Å². The number of ketones is 1. The molecule has 0 unspecified atom stereocenters. The largest absolute Gasteiger partial charge is 0.481 e. The zero-order valence-corrected chi connectivity index (χ0v) is 61.5. The van der Waals surface area contributed by atoms with Crippen LogP contribution in [0.25, 0.3) is 0 Å². The first-order chi connectivity index (χ1) is 54.0. The van der Waals surface area contributed by atoms with Gasteiger partial charge in [0.05, 0.1) is 63.4 Å². The van der Waals surface area contributed by atoms with Crippen molar-refractivity contribution in [3.8, 4) is 0 Å². The Morgan fingerprint density at radius 3 is 1.68 bits per heavy atom. The molecule has 1 fully saturated rings. The van der Waals surface area contributed by atoms with Crippen LogP contribution in [0.4, 0.5) is 23.7 Å². The number of benzene rings is 3. The van der Waals surface area contributed by atoms with Crippen molar-refractivity contribution in [2.24, 2.45) is 17.4 Å². The maximum Gasteiger partial charge on any atom is 0.416 e. The summed E-state index contributed by atoms with van der Waals surface area (Å²) < 4.78 is 50.6. The summed E-state index contributed by atoms with van der Waals surface area (Å²) in [5, 5.41) is 76.8. The van der Waals surface area contributed by atoms with E-state index in [0.717, 1.165) is 39.0 Å². The summed E-state index contributed by atoms with van der Waals surface area (Å²) >= 11 is 0. The van der Waals surface area contributed by atoms with Gasteiger partial charge in [-0.15, -0.1) is 0 Å². The van der Waals surface area contributed by atoms with Gasteiger partial charge in [-0.25, -0.2) is 9.59 Å². The van der Waals surface area contributed by atoms with Crippen LogP contribution in [0.15, 0.2) is 78.9 Å². The van der Waals surface area contributed by atoms with Crippen LogP contribution < -0.4 is 86.3 Å². The summed E-state index contributed by atoms with van der Waals surface area (Å²) in [5.74, 6) is -30.5. The number of amides is 14. The zero-order chi connectivity index (χ0) is 86.1. The van der Waals surface area contributed by atoms with E-state index in [9.17, 15) is 135 Å². The minimum Gasteiger partial charge on any atom is -0.481 e. The fourth-order valence-corrected chi connectivity index (χ4v) is 10.6. The van der Waals surface area contributed by atoms with Crippen molar-refractivity contribution in [2.45, 2.75) is 164 Å². The van der Waals surface area contributed by atoms with Crippen LogP contribution >= 0.6 is 0 Å². The Kier molecular flexibility index (Phi) is 36.9. The van der Waals surface area contributed by atoms with E-state index < -0.39 is 280 Å². The number of aliphatic carboxylic acids is 4. The smallest absolute Gasteiger partial charge is 0.416 e. The number of carboxylic acids is 4. The summed E-state index contributed by atoms with van der Waals surface area (Å²) in [5.41, 5.74) is 16.5. The second kappa shape index (κ2) is 45.2. The molecule has 0 bridgehead atoms. The fourth-order valence-electron chi connectivity index (χ4n) is 10.6. The molecule has 1 saturated heterocycles. The number of hydrogen-bond acceptors (Lipinski definition) is 25. The zero-order valence-electron chi connectivity index (χ0n) is 61.5. The quantitative estimate of drug-likeness (QED) is 0.0133. The molecule has 1 aliphatic rings. The molecule has 1 aliphatic heterocycles. The summed E-state index contributed by atoms with van der Waals surface area (Å²) in [6.45, 7) is -1.64. The number of hydrogen-bond donors (Lipinski definition) is 21. The molecule has 14 amide bonds. The third-order valence-corrected chi connectivity index (χ3v) is 16.6. The normalized spacial score (nSPS) is 21.2. The van der Waals surface area contributed by atoms with E-state index in [1.165, 1.54) is 18.2 Å². The van der Waals surface area contributed by atoms with E-state index >= 15 is 0 Å². The maximum absolute atomic E-state index is 14.8. The molecule has 0 aromatic heterocycles. The SMILES string of the molecule is C[C@H](CC(=O)O)[C@@H]1NC(=O)[C@@H](CO)NC(=O)CNC(=O)[C@H](CC(=O)O)NC(=O)[C@@H](C)NC(=O)[C@H](CC(=O)O)NC(=O)[C@H](CCCNC(=O)OCc2ccccc2)NC(=O)CNC(=O)[C@@H](NC(=O)[C@H](CC(=O)O)NC(=O)[C@@H](CC(N)=O)NC(=O)[C@@H](N)Cc2ccc(C(F)(F)F)cc2)[C@@H](C)OC(=O)[C@H](CC(=O)c2ccccc2N)NC1=O. The van der Waals surface area contributed by atoms with Gasteiger partial charge in [0, 0.05) is 24.2 Å². The second-order valence-corrected chi connectivity index (χ2v) is 25.9. The Bertz CT molecular complexity index is 4100. The molecule has 3 aromatic rings. The van der Waals surface area contributed by atoms with Crippen LogP contribution in [0.2, 0.25) is 0 Å². The van der Waals surface area contributed by atoms with Gasteiger partial charge >= 0.3 is 42.1 Å². The molecule has 1 heterocycles. The third-order valence-electron chi connectivity index (χ3n) is 16.6. The number of carboxylic acid groups (broad SMARTS) is 4. The summed E-state index contributed by atoms with van der Waals surface area (Å²) in [6, 6.07) is -6.98. The van der Waals surface area contributed by atoms with E-state index in [4.69, 9.17) is 26.7 Å². The van der Waals surface area contributed by atoms with Crippen LogP contribution in [0, 0.1) is 5.92 Å². The molecule has 3 aromatic carbocycles. The second-order valence-electron chi connectivity index (χ2n) is 25.9. The number of alkyl carbamates (subject to hydrolysis) is 1. The Hall–Kier alpha value is -13.4. The highest BCUT2D eigenvalue weighted by Gasteiger charge is 2.41. The first-order valence-corrected chi connectivity index (χ1v) is 34.7. The van der Waals surface area contributed by atoms with Gasteiger partial charge in [0.25, 0.3) is 0 Å². The lowest BCUT2D eigenvalue weighted by molar-refractivity contribution is -0.156. The van der Waals surface area contributed by atoms with Crippen molar-refractivity contribution in [1.82, 2.24) is 69.1 Å². The van der Waals surface area contributed by atoms with E-state index in [-0.39, 0.29) is 36.4 Å². The number of primary amides is 1. The lowest BCUT2D eigenvalue weighted by Gasteiger charge is -2.30. The first-order valence-electron chi connectivity index (χ1n) is 34.7. The molecule has 43 nitrogen and oxygen atoms in total. The minimum absolute atomic E-state index is 0.0618. The molecular weight excluding hydrogens is 1540 g/mol. The van der Waals surface area contributed by atoms with Gasteiger partial charge in [0.2, 0.25) is 76.8 Å². The van der Waals surface area contributed by atoms with Crippen LogP contribution in [-0.2, 0) is 115 Å². The van der Waals surface area contributed by atoms with Crippen molar-refractivity contribution < 1.29 is 144 Å². The molecule has 0 aliphatic carbocycles. The highest BCUT2D eigenvalue weighted by Crippen LogP contribution is 2.29. The van der Waals surface area contributed by atoms with Gasteiger partial charge in [0.1, 0.15) is 73.1 Å². The number of nitrogens with one attached hydrogen (secondary N) is 13. The molecule has 13 atom stereocenters. The number of halogens is 3. The Morgan fingerprint density at radius 2 is 1.10 bits per heavy atom. The number of cyclic esters (lactones) is 1. The van der Waals surface area contributed by atoms with Gasteiger partial charge in [0.15, 0.2) is 5.78 Å². The molecule has 0 saturated carbocycles. The average molecular weight is 1630 g/mol. The van der Waals surface area contributed by atoms with Crippen LogP contribution in [0.3, 0.4) is 0 Å².